The predicted molar refractivity (Wildman–Crippen MR) is 74.9 cm³/mol. The minimum absolute atomic E-state index is 0.0881. The van der Waals surface area contributed by atoms with E-state index < -0.39 is 0 Å². The smallest absolute Gasteiger partial charge is 0.239 e. The highest BCUT2D eigenvalue weighted by Crippen LogP contribution is 2.21. The van der Waals surface area contributed by atoms with Crippen molar-refractivity contribution < 1.29 is 14.3 Å². The number of ether oxygens (including phenoxy) is 2. The summed E-state index contributed by atoms with van der Waals surface area (Å²) in [5.41, 5.74) is 5.20. The molecule has 8 heteroatoms. The fraction of sp³-hybridized carbons (Fsp3) is 0.250. The Kier molecular flexibility index (Phi) is 4.85. The quantitative estimate of drug-likeness (QED) is 0.825. The summed E-state index contributed by atoms with van der Waals surface area (Å²) >= 11 is 1.24. The molecule has 0 saturated carbocycles. The Labute approximate surface area is 119 Å². The number of nitrogens with two attached hydrogens (primary N) is 1. The highest BCUT2D eigenvalue weighted by atomic mass is 32.1. The molecule has 1 aromatic heterocycles. The molecule has 3 N–H and O–H groups in total. The Morgan fingerprint density at radius 1 is 1.40 bits per heavy atom. The average Bonchev–Trinajstić information content (AvgIpc) is 2.92. The van der Waals surface area contributed by atoms with Gasteiger partial charge in [0, 0.05) is 6.07 Å². The molecule has 0 aliphatic heterocycles. The van der Waals surface area contributed by atoms with Crippen molar-refractivity contribution in [2.45, 2.75) is 6.61 Å². The number of rotatable bonds is 6. The van der Waals surface area contributed by atoms with Crippen LogP contribution in [-0.2, 0) is 11.4 Å². The maximum absolute atomic E-state index is 11.1. The maximum Gasteiger partial charge on any atom is 0.239 e. The molecule has 0 saturated heterocycles. The second-order valence-electron chi connectivity index (χ2n) is 3.72. The van der Waals surface area contributed by atoms with Gasteiger partial charge in [0.05, 0.1) is 13.7 Å². The van der Waals surface area contributed by atoms with Crippen molar-refractivity contribution in [3.8, 4) is 11.5 Å². The van der Waals surface area contributed by atoms with Gasteiger partial charge in [0.15, 0.2) is 5.01 Å². The Balaban J connectivity index is 1.92. The minimum atomic E-state index is -0.304. The Morgan fingerprint density at radius 2 is 2.20 bits per heavy atom. The molecule has 1 amide bonds. The molecule has 0 bridgehead atoms. The van der Waals surface area contributed by atoms with Crippen molar-refractivity contribution in [1.29, 1.82) is 0 Å². The third kappa shape index (κ3) is 3.90. The van der Waals surface area contributed by atoms with Crippen LogP contribution in [0.2, 0.25) is 0 Å². The summed E-state index contributed by atoms with van der Waals surface area (Å²) < 4.78 is 10.7. The number of hydrogen-bond donors (Lipinski definition) is 2. The highest BCUT2D eigenvalue weighted by Gasteiger charge is 2.07. The van der Waals surface area contributed by atoms with Gasteiger partial charge in [-0.3, -0.25) is 10.1 Å². The van der Waals surface area contributed by atoms with E-state index in [0.29, 0.717) is 15.9 Å². The number of anilines is 1. The van der Waals surface area contributed by atoms with Crippen LogP contribution in [0.4, 0.5) is 5.13 Å². The molecule has 0 aliphatic carbocycles. The molecular weight excluding hydrogens is 280 g/mol. The zero-order chi connectivity index (χ0) is 14.4. The molecule has 0 fully saturated rings. The molecule has 0 aliphatic rings. The first-order chi connectivity index (χ1) is 9.71. The lowest BCUT2D eigenvalue weighted by molar-refractivity contribution is -0.114. The minimum Gasteiger partial charge on any atom is -0.497 e. The number of nitrogens with zero attached hydrogens (tertiary/aromatic N) is 2. The molecule has 1 aromatic carbocycles. The molecule has 0 atom stereocenters. The van der Waals surface area contributed by atoms with E-state index in [4.69, 9.17) is 15.2 Å². The number of carbonyl (C=O) groups is 1. The maximum atomic E-state index is 11.1. The number of hydrogen-bond acceptors (Lipinski definition) is 7. The van der Waals surface area contributed by atoms with E-state index in [1.807, 2.05) is 18.2 Å². The third-order valence-electron chi connectivity index (χ3n) is 2.30. The molecule has 0 radical (unpaired) electrons. The van der Waals surface area contributed by atoms with Crippen LogP contribution in [0.15, 0.2) is 24.3 Å². The van der Waals surface area contributed by atoms with E-state index >= 15 is 0 Å². The number of carbonyl (C=O) groups excluding carboxylic acids is 1. The fourth-order valence-corrected chi connectivity index (χ4v) is 2.04. The van der Waals surface area contributed by atoms with E-state index in [-0.39, 0.29) is 19.1 Å². The lowest BCUT2D eigenvalue weighted by Gasteiger charge is -2.05. The van der Waals surface area contributed by atoms with Crippen LogP contribution in [0.5, 0.6) is 11.5 Å². The fourth-order valence-electron chi connectivity index (χ4n) is 1.37. The summed E-state index contributed by atoms with van der Waals surface area (Å²) in [4.78, 5) is 11.1. The highest BCUT2D eigenvalue weighted by molar-refractivity contribution is 7.15. The van der Waals surface area contributed by atoms with E-state index in [2.05, 4.69) is 15.5 Å². The average molecular weight is 294 g/mol. The number of amides is 1. The Morgan fingerprint density at radius 3 is 2.95 bits per heavy atom. The second-order valence-corrected chi connectivity index (χ2v) is 4.78. The van der Waals surface area contributed by atoms with Crippen LogP contribution >= 0.6 is 11.3 Å². The summed E-state index contributed by atoms with van der Waals surface area (Å²) in [5.74, 6) is 1.09. The van der Waals surface area contributed by atoms with Crippen LogP contribution < -0.4 is 20.5 Å². The topological polar surface area (TPSA) is 99.4 Å². The lowest BCUT2D eigenvalue weighted by atomic mass is 10.3. The molecule has 2 rings (SSSR count). The van der Waals surface area contributed by atoms with E-state index in [1.54, 1.807) is 13.2 Å². The Bertz CT molecular complexity index is 588. The molecule has 20 heavy (non-hydrogen) atoms. The van der Waals surface area contributed by atoms with Crippen LogP contribution in [0.3, 0.4) is 0 Å². The van der Waals surface area contributed by atoms with Gasteiger partial charge in [-0.1, -0.05) is 17.4 Å². The van der Waals surface area contributed by atoms with Gasteiger partial charge >= 0.3 is 0 Å². The predicted octanol–water partition coefficient (Wildman–Crippen LogP) is 1.02. The van der Waals surface area contributed by atoms with Gasteiger partial charge in [0.2, 0.25) is 11.0 Å². The summed E-state index contributed by atoms with van der Waals surface area (Å²) in [6, 6.07) is 7.26. The number of aromatic nitrogens is 2. The summed E-state index contributed by atoms with van der Waals surface area (Å²) in [6.45, 7) is 0.179. The van der Waals surface area contributed by atoms with Crippen LogP contribution in [0, 0.1) is 0 Å². The van der Waals surface area contributed by atoms with Gasteiger partial charge in [-0.25, -0.2) is 0 Å². The molecule has 7 nitrogen and oxygen atoms in total. The van der Waals surface area contributed by atoms with Gasteiger partial charge in [-0.05, 0) is 12.1 Å². The van der Waals surface area contributed by atoms with E-state index in [0.717, 1.165) is 5.75 Å². The van der Waals surface area contributed by atoms with Crippen LogP contribution in [-0.4, -0.2) is 29.8 Å². The van der Waals surface area contributed by atoms with E-state index in [1.165, 1.54) is 11.3 Å². The molecule has 2 aromatic rings. The van der Waals surface area contributed by atoms with Gasteiger partial charge < -0.3 is 15.2 Å². The summed E-state index contributed by atoms with van der Waals surface area (Å²) in [6.07, 6.45) is 0. The second kappa shape index (κ2) is 6.83. The molecule has 0 unspecified atom stereocenters. The molecule has 1 heterocycles. The first-order valence-electron chi connectivity index (χ1n) is 5.80. The lowest BCUT2D eigenvalue weighted by Crippen LogP contribution is -2.21. The number of benzene rings is 1. The zero-order valence-corrected chi connectivity index (χ0v) is 11.6. The van der Waals surface area contributed by atoms with Crippen molar-refractivity contribution in [1.82, 2.24) is 10.2 Å². The summed E-state index contributed by atoms with van der Waals surface area (Å²) in [5, 5.41) is 11.3. The van der Waals surface area contributed by atoms with Crippen LogP contribution in [0.1, 0.15) is 5.01 Å². The molecule has 106 valence electrons. The van der Waals surface area contributed by atoms with Crippen molar-refractivity contribution in [2.75, 3.05) is 19.0 Å². The van der Waals surface area contributed by atoms with Gasteiger partial charge in [-0.15, -0.1) is 10.2 Å². The van der Waals surface area contributed by atoms with Crippen molar-refractivity contribution in [3.63, 3.8) is 0 Å². The van der Waals surface area contributed by atoms with Crippen molar-refractivity contribution in [2.24, 2.45) is 5.73 Å². The van der Waals surface area contributed by atoms with Crippen molar-refractivity contribution in [3.05, 3.63) is 29.3 Å². The van der Waals surface area contributed by atoms with Gasteiger partial charge in [0.25, 0.3) is 0 Å². The zero-order valence-electron chi connectivity index (χ0n) is 10.8. The van der Waals surface area contributed by atoms with Crippen LogP contribution in [0.25, 0.3) is 0 Å². The molecular formula is C12H14N4O3S. The first-order valence-corrected chi connectivity index (χ1v) is 6.62. The SMILES string of the molecule is COc1cccc(OCc2nnc(NC(=O)CN)s2)c1. The van der Waals surface area contributed by atoms with Gasteiger partial charge in [-0.2, -0.15) is 0 Å². The summed E-state index contributed by atoms with van der Waals surface area (Å²) in [7, 11) is 1.59. The van der Waals surface area contributed by atoms with E-state index in [9.17, 15) is 4.79 Å². The Hall–Kier alpha value is -2.19. The van der Waals surface area contributed by atoms with Gasteiger partial charge in [0.1, 0.15) is 18.1 Å². The molecule has 0 spiro atoms. The number of methoxy groups -OCH3 is 1. The third-order valence-corrected chi connectivity index (χ3v) is 3.11. The largest absolute Gasteiger partial charge is 0.497 e. The number of nitrogens with one attached hydrogen (secondary N) is 1. The first kappa shape index (κ1) is 14.2. The normalized spacial score (nSPS) is 10.1. The van der Waals surface area contributed by atoms with Crippen molar-refractivity contribution >= 4 is 22.4 Å². The monoisotopic (exact) mass is 294 g/mol. The standard InChI is InChI=1S/C12H14N4O3S/c1-18-8-3-2-4-9(5-8)19-7-11-15-16-12(20-11)14-10(17)6-13/h2-5H,6-7,13H2,1H3,(H,14,16,17).